The normalized spacial score (nSPS) is 17.9. The van der Waals surface area contributed by atoms with Gasteiger partial charge in [0.25, 0.3) is 11.7 Å². The van der Waals surface area contributed by atoms with Crippen LogP contribution in [-0.2, 0) is 9.59 Å². The molecule has 1 unspecified atom stereocenters. The Bertz CT molecular complexity index is 1020. The summed E-state index contributed by atoms with van der Waals surface area (Å²) in [5, 5.41) is 11.2. The van der Waals surface area contributed by atoms with Gasteiger partial charge in [-0.1, -0.05) is 53.5 Å². The van der Waals surface area contributed by atoms with Gasteiger partial charge in [-0.05, 0) is 50.3 Å². The lowest BCUT2D eigenvalue weighted by Crippen LogP contribution is -2.35. The highest BCUT2D eigenvalue weighted by atomic mass is 79.9. The summed E-state index contributed by atoms with van der Waals surface area (Å²) in [7, 11) is 3.82. The molecule has 3 rings (SSSR count). The van der Waals surface area contributed by atoms with Crippen molar-refractivity contribution in [2.24, 2.45) is 0 Å². The summed E-state index contributed by atoms with van der Waals surface area (Å²) in [4.78, 5) is 29.5. The van der Waals surface area contributed by atoms with Crippen LogP contribution in [0.1, 0.15) is 36.9 Å². The van der Waals surface area contributed by atoms with E-state index in [4.69, 9.17) is 4.74 Å². The van der Waals surface area contributed by atoms with Crippen LogP contribution in [0.4, 0.5) is 0 Å². The molecule has 2 aromatic rings. The summed E-state index contributed by atoms with van der Waals surface area (Å²) in [5.41, 5.74) is 1.30. The first-order valence-corrected chi connectivity index (χ1v) is 11.5. The Morgan fingerprint density at radius 1 is 1.16 bits per heavy atom. The van der Waals surface area contributed by atoms with Crippen molar-refractivity contribution in [3.8, 4) is 5.75 Å². The van der Waals surface area contributed by atoms with Crippen LogP contribution in [0, 0.1) is 0 Å². The summed E-state index contributed by atoms with van der Waals surface area (Å²) in [6.07, 6.45) is 1.94. The van der Waals surface area contributed by atoms with Crippen LogP contribution >= 0.6 is 15.9 Å². The van der Waals surface area contributed by atoms with Gasteiger partial charge in [-0.25, -0.2) is 0 Å². The van der Waals surface area contributed by atoms with Crippen LogP contribution in [0.5, 0.6) is 5.75 Å². The summed E-state index contributed by atoms with van der Waals surface area (Å²) in [6, 6.07) is 13.8. The molecule has 1 aliphatic heterocycles. The summed E-state index contributed by atoms with van der Waals surface area (Å²) in [6.45, 7) is 3.63. The lowest BCUT2D eigenvalue weighted by molar-refractivity contribution is -0.140. The van der Waals surface area contributed by atoms with Gasteiger partial charge in [-0.2, -0.15) is 0 Å². The Morgan fingerprint density at radius 2 is 1.91 bits per heavy atom. The molecule has 1 aliphatic rings. The number of Topliss-reactive ketones (excluding diaryl/α,β-unsaturated/α-hetero) is 1. The predicted molar refractivity (Wildman–Crippen MR) is 129 cm³/mol. The zero-order chi connectivity index (χ0) is 23.3. The number of aliphatic hydroxyl groups excluding tert-OH is 1. The molecule has 0 aliphatic carbocycles. The molecule has 0 aromatic heterocycles. The van der Waals surface area contributed by atoms with Gasteiger partial charge >= 0.3 is 0 Å². The number of likely N-dealkylation sites (N-methyl/N-ethyl adjacent to an activating group) is 1. The molecule has 7 heteroatoms. The van der Waals surface area contributed by atoms with Gasteiger partial charge in [0.15, 0.2) is 0 Å². The number of carbonyl (C=O) groups excluding carboxylic acids is 2. The van der Waals surface area contributed by atoms with E-state index in [1.807, 2.05) is 49.3 Å². The molecule has 1 amide bonds. The Hall–Kier alpha value is -2.64. The van der Waals surface area contributed by atoms with Gasteiger partial charge < -0.3 is 19.6 Å². The van der Waals surface area contributed by atoms with Crippen molar-refractivity contribution >= 4 is 33.4 Å². The van der Waals surface area contributed by atoms with Crippen LogP contribution in [0.3, 0.4) is 0 Å². The number of likely N-dealkylation sites (tertiary alicyclic amines) is 1. The first kappa shape index (κ1) is 24.0. The van der Waals surface area contributed by atoms with Crippen LogP contribution < -0.4 is 4.74 Å². The molecule has 6 nitrogen and oxygen atoms in total. The zero-order valence-electron chi connectivity index (χ0n) is 18.7. The number of carbonyl (C=O) groups is 2. The van der Waals surface area contributed by atoms with Crippen molar-refractivity contribution in [3.05, 3.63) is 69.7 Å². The van der Waals surface area contributed by atoms with E-state index in [2.05, 4.69) is 22.9 Å². The molecule has 32 heavy (non-hydrogen) atoms. The van der Waals surface area contributed by atoms with E-state index in [9.17, 15) is 14.7 Å². The summed E-state index contributed by atoms with van der Waals surface area (Å²) >= 11 is 3.47. The molecule has 170 valence electrons. The first-order chi connectivity index (χ1) is 15.3. The maximum absolute atomic E-state index is 13.1. The van der Waals surface area contributed by atoms with E-state index < -0.39 is 17.7 Å². The third kappa shape index (κ3) is 5.40. The van der Waals surface area contributed by atoms with Gasteiger partial charge in [0, 0.05) is 23.1 Å². The minimum absolute atomic E-state index is 0.0950. The number of rotatable bonds is 9. The van der Waals surface area contributed by atoms with Crippen LogP contribution in [0.15, 0.2) is 58.6 Å². The summed E-state index contributed by atoms with van der Waals surface area (Å²) < 4.78 is 6.59. The van der Waals surface area contributed by atoms with Crippen molar-refractivity contribution in [2.45, 2.75) is 25.8 Å². The second-order valence-electron chi connectivity index (χ2n) is 8.08. The Kier molecular flexibility index (Phi) is 8.10. The van der Waals surface area contributed by atoms with Gasteiger partial charge in [-0.3, -0.25) is 9.59 Å². The number of hydrogen-bond donors (Lipinski definition) is 1. The molecule has 1 saturated heterocycles. The molecular formula is C25H29BrN2O4. The van der Waals surface area contributed by atoms with Crippen molar-refractivity contribution in [1.29, 1.82) is 0 Å². The third-order valence-electron chi connectivity index (χ3n) is 5.37. The first-order valence-electron chi connectivity index (χ1n) is 10.7. The lowest BCUT2D eigenvalue weighted by Gasteiger charge is -2.26. The Labute approximate surface area is 197 Å². The monoisotopic (exact) mass is 500 g/mol. The van der Waals surface area contributed by atoms with Crippen molar-refractivity contribution < 1.29 is 19.4 Å². The molecule has 0 spiro atoms. The number of hydrogen-bond acceptors (Lipinski definition) is 5. The maximum atomic E-state index is 13.1. The van der Waals surface area contributed by atoms with Gasteiger partial charge in [0.2, 0.25) is 0 Å². The number of amides is 1. The standard InChI is InChI=1S/C25H29BrN2O4/c1-4-5-14-32-20-11-7-9-18(16-20)23(29)21-22(17-8-6-10-19(26)15-17)28(13-12-27(2)3)25(31)24(21)30/h6-11,15-16,22,29H,4-5,12-14H2,1-3H3/b23-21+. The molecule has 1 N–H and O–H groups in total. The largest absolute Gasteiger partial charge is 0.507 e. The van der Waals surface area contributed by atoms with E-state index in [-0.39, 0.29) is 11.3 Å². The van der Waals surface area contributed by atoms with Gasteiger partial charge in [-0.15, -0.1) is 0 Å². The van der Waals surface area contributed by atoms with E-state index >= 15 is 0 Å². The second-order valence-corrected chi connectivity index (χ2v) is 9.00. The number of aliphatic hydroxyl groups is 1. The minimum Gasteiger partial charge on any atom is -0.507 e. The van der Waals surface area contributed by atoms with E-state index in [0.29, 0.717) is 31.0 Å². The number of ether oxygens (including phenoxy) is 1. The Balaban J connectivity index is 2.06. The molecule has 0 radical (unpaired) electrons. The average Bonchev–Trinajstić information content (AvgIpc) is 3.02. The molecule has 1 atom stereocenters. The predicted octanol–water partition coefficient (Wildman–Crippen LogP) is 4.61. The van der Waals surface area contributed by atoms with Crippen molar-refractivity contribution in [3.63, 3.8) is 0 Å². The smallest absolute Gasteiger partial charge is 0.295 e. The molecule has 1 fully saturated rings. The Morgan fingerprint density at radius 3 is 2.59 bits per heavy atom. The number of benzene rings is 2. The minimum atomic E-state index is -0.677. The molecular weight excluding hydrogens is 472 g/mol. The lowest BCUT2D eigenvalue weighted by atomic mass is 9.95. The maximum Gasteiger partial charge on any atom is 0.295 e. The summed E-state index contributed by atoms with van der Waals surface area (Å²) in [5.74, 6) is -0.859. The van der Waals surface area contributed by atoms with Gasteiger partial charge in [0.05, 0.1) is 18.2 Å². The number of nitrogens with zero attached hydrogens (tertiary/aromatic N) is 2. The molecule has 0 saturated carbocycles. The highest BCUT2D eigenvalue weighted by Gasteiger charge is 2.45. The molecule has 2 aromatic carbocycles. The molecule has 1 heterocycles. The zero-order valence-corrected chi connectivity index (χ0v) is 20.3. The van der Waals surface area contributed by atoms with Crippen molar-refractivity contribution in [1.82, 2.24) is 9.80 Å². The van der Waals surface area contributed by atoms with E-state index in [0.717, 1.165) is 22.9 Å². The van der Waals surface area contributed by atoms with Crippen LogP contribution in [0.25, 0.3) is 5.76 Å². The quantitative estimate of drug-likeness (QED) is 0.235. The number of ketones is 1. The third-order valence-corrected chi connectivity index (χ3v) is 5.86. The fourth-order valence-corrected chi connectivity index (χ4v) is 4.08. The van der Waals surface area contributed by atoms with Gasteiger partial charge in [0.1, 0.15) is 11.5 Å². The number of unbranched alkanes of at least 4 members (excludes halogenated alkanes) is 1. The SMILES string of the molecule is CCCCOc1cccc(/C(O)=C2\C(=O)C(=O)N(CCN(C)C)C2c2cccc(Br)c2)c1. The van der Waals surface area contributed by atoms with Crippen LogP contribution in [0.2, 0.25) is 0 Å². The van der Waals surface area contributed by atoms with E-state index in [1.165, 1.54) is 4.90 Å². The fourth-order valence-electron chi connectivity index (χ4n) is 3.66. The van der Waals surface area contributed by atoms with Crippen molar-refractivity contribution in [2.75, 3.05) is 33.8 Å². The molecule has 0 bridgehead atoms. The highest BCUT2D eigenvalue weighted by Crippen LogP contribution is 2.40. The number of halogens is 1. The highest BCUT2D eigenvalue weighted by molar-refractivity contribution is 9.10. The average molecular weight is 501 g/mol. The fraction of sp³-hybridized carbons (Fsp3) is 0.360. The van der Waals surface area contributed by atoms with Crippen LogP contribution in [-0.4, -0.2) is 60.4 Å². The van der Waals surface area contributed by atoms with E-state index in [1.54, 1.807) is 18.2 Å². The second kappa shape index (κ2) is 10.8. The topological polar surface area (TPSA) is 70.1 Å².